The van der Waals surface area contributed by atoms with Crippen LogP contribution in [-0.4, -0.2) is 70.8 Å². The van der Waals surface area contributed by atoms with Crippen LogP contribution in [0.4, 0.5) is 5.69 Å². The van der Waals surface area contributed by atoms with Crippen LogP contribution in [0.1, 0.15) is 33.2 Å². The van der Waals surface area contributed by atoms with Crippen LogP contribution in [0.5, 0.6) is 0 Å². The molecular formula is C23H24N4O6. The SMILES string of the molecule is C[C@@H](C(=O)NCC1CN(Cc2ccccc2)CCO1)N1C(=O)c2cccc([N+](=O)[O-])c2C1=O. The lowest BCUT2D eigenvalue weighted by molar-refractivity contribution is -0.385. The summed E-state index contributed by atoms with van der Waals surface area (Å²) in [5.41, 5.74) is 0.394. The third-order valence-corrected chi connectivity index (χ3v) is 5.86. The first-order chi connectivity index (χ1) is 15.9. The van der Waals surface area contributed by atoms with Crippen LogP contribution in [0.15, 0.2) is 48.5 Å². The molecule has 10 nitrogen and oxygen atoms in total. The lowest BCUT2D eigenvalue weighted by Gasteiger charge is -2.33. The highest BCUT2D eigenvalue weighted by Crippen LogP contribution is 2.31. The molecule has 1 N–H and O–H groups in total. The molecule has 3 amide bonds. The molecule has 2 heterocycles. The van der Waals surface area contributed by atoms with Gasteiger partial charge in [0.05, 0.1) is 23.2 Å². The largest absolute Gasteiger partial charge is 0.374 e. The second kappa shape index (κ2) is 9.47. The Bertz CT molecular complexity index is 1090. The highest BCUT2D eigenvalue weighted by atomic mass is 16.6. The smallest absolute Gasteiger partial charge is 0.282 e. The number of nitrogens with one attached hydrogen (secondary N) is 1. The predicted octanol–water partition coefficient (Wildman–Crippen LogP) is 1.60. The van der Waals surface area contributed by atoms with Gasteiger partial charge < -0.3 is 10.1 Å². The third kappa shape index (κ3) is 4.62. The number of rotatable bonds is 7. The Hall–Kier alpha value is -3.63. The van der Waals surface area contributed by atoms with E-state index in [0.717, 1.165) is 18.0 Å². The van der Waals surface area contributed by atoms with Crippen molar-refractivity contribution >= 4 is 23.4 Å². The Morgan fingerprint density at radius 2 is 1.94 bits per heavy atom. The quantitative estimate of drug-likeness (QED) is 0.385. The molecule has 2 aliphatic rings. The van der Waals surface area contributed by atoms with Crippen LogP contribution >= 0.6 is 0 Å². The lowest BCUT2D eigenvalue weighted by atomic mass is 10.1. The maximum Gasteiger partial charge on any atom is 0.282 e. The van der Waals surface area contributed by atoms with Gasteiger partial charge in [-0.25, -0.2) is 0 Å². The average Bonchev–Trinajstić information content (AvgIpc) is 3.08. The van der Waals surface area contributed by atoms with E-state index in [2.05, 4.69) is 22.3 Å². The molecule has 0 bridgehead atoms. The minimum atomic E-state index is -1.12. The maximum absolute atomic E-state index is 12.8. The Balaban J connectivity index is 1.36. The van der Waals surface area contributed by atoms with E-state index in [4.69, 9.17) is 4.74 Å². The van der Waals surface area contributed by atoms with Crippen LogP contribution in [0.25, 0.3) is 0 Å². The molecule has 1 unspecified atom stereocenters. The van der Waals surface area contributed by atoms with Crippen molar-refractivity contribution in [2.45, 2.75) is 25.6 Å². The van der Waals surface area contributed by atoms with E-state index in [-0.39, 0.29) is 23.8 Å². The normalized spacial score (nSPS) is 19.3. The van der Waals surface area contributed by atoms with Crippen molar-refractivity contribution in [1.82, 2.24) is 15.1 Å². The summed E-state index contributed by atoms with van der Waals surface area (Å²) >= 11 is 0. The van der Waals surface area contributed by atoms with Gasteiger partial charge >= 0.3 is 0 Å². The van der Waals surface area contributed by atoms with Gasteiger partial charge in [-0.05, 0) is 18.6 Å². The molecule has 0 aliphatic carbocycles. The first-order valence-corrected chi connectivity index (χ1v) is 10.7. The zero-order valence-corrected chi connectivity index (χ0v) is 18.1. The van der Waals surface area contributed by atoms with E-state index in [1.54, 1.807) is 0 Å². The highest BCUT2D eigenvalue weighted by molar-refractivity contribution is 6.24. The summed E-state index contributed by atoms with van der Waals surface area (Å²) in [6.45, 7) is 4.36. The summed E-state index contributed by atoms with van der Waals surface area (Å²) in [6.07, 6.45) is -0.234. The van der Waals surface area contributed by atoms with Crippen LogP contribution < -0.4 is 5.32 Å². The topological polar surface area (TPSA) is 122 Å². The Morgan fingerprint density at radius 3 is 2.67 bits per heavy atom. The first-order valence-electron chi connectivity index (χ1n) is 10.7. The van der Waals surface area contributed by atoms with Gasteiger partial charge in [-0.1, -0.05) is 36.4 Å². The Labute approximate surface area is 190 Å². The number of fused-ring (bicyclic) bond motifs is 1. The monoisotopic (exact) mass is 452 g/mol. The van der Waals surface area contributed by atoms with Crippen molar-refractivity contribution in [3.63, 3.8) is 0 Å². The van der Waals surface area contributed by atoms with Crippen molar-refractivity contribution in [3.8, 4) is 0 Å². The molecule has 172 valence electrons. The van der Waals surface area contributed by atoms with Gasteiger partial charge in [-0.3, -0.25) is 34.3 Å². The van der Waals surface area contributed by atoms with E-state index in [1.807, 2.05) is 18.2 Å². The van der Waals surface area contributed by atoms with E-state index in [9.17, 15) is 24.5 Å². The number of benzene rings is 2. The summed E-state index contributed by atoms with van der Waals surface area (Å²) in [5, 5.41) is 14.0. The fraction of sp³-hybridized carbons (Fsp3) is 0.348. The number of carbonyl (C=O) groups is 3. The second-order valence-corrected chi connectivity index (χ2v) is 8.07. The molecule has 1 fully saturated rings. The molecular weight excluding hydrogens is 428 g/mol. The van der Waals surface area contributed by atoms with Gasteiger partial charge in [-0.15, -0.1) is 0 Å². The van der Waals surface area contributed by atoms with Gasteiger partial charge in [0, 0.05) is 32.2 Å². The zero-order chi connectivity index (χ0) is 23.5. The van der Waals surface area contributed by atoms with Gasteiger partial charge in [0.25, 0.3) is 17.5 Å². The van der Waals surface area contributed by atoms with E-state index in [0.29, 0.717) is 13.2 Å². The number of ether oxygens (including phenoxy) is 1. The molecule has 2 aliphatic heterocycles. The number of imide groups is 1. The molecule has 0 saturated carbocycles. The minimum Gasteiger partial charge on any atom is -0.374 e. The van der Waals surface area contributed by atoms with Crippen LogP contribution in [0, 0.1) is 10.1 Å². The van der Waals surface area contributed by atoms with Gasteiger partial charge in [-0.2, -0.15) is 0 Å². The molecule has 1 saturated heterocycles. The number of nitrogens with zero attached hydrogens (tertiary/aromatic N) is 3. The Morgan fingerprint density at radius 1 is 1.18 bits per heavy atom. The van der Waals surface area contributed by atoms with E-state index < -0.39 is 34.4 Å². The number of amides is 3. The fourth-order valence-electron chi connectivity index (χ4n) is 4.16. The van der Waals surface area contributed by atoms with Crippen LogP contribution in [-0.2, 0) is 16.1 Å². The Kier molecular flexibility index (Phi) is 6.47. The van der Waals surface area contributed by atoms with Gasteiger partial charge in [0.2, 0.25) is 5.91 Å². The lowest BCUT2D eigenvalue weighted by Crippen LogP contribution is -2.52. The molecule has 0 aromatic heterocycles. The molecule has 33 heavy (non-hydrogen) atoms. The zero-order valence-electron chi connectivity index (χ0n) is 18.1. The van der Waals surface area contributed by atoms with E-state index in [1.165, 1.54) is 30.7 Å². The number of morpholine rings is 1. The van der Waals surface area contributed by atoms with Crippen LogP contribution in [0.2, 0.25) is 0 Å². The second-order valence-electron chi connectivity index (χ2n) is 8.07. The van der Waals surface area contributed by atoms with Gasteiger partial charge in [0.15, 0.2) is 0 Å². The summed E-state index contributed by atoms with van der Waals surface area (Å²) in [4.78, 5) is 51.8. The summed E-state index contributed by atoms with van der Waals surface area (Å²) in [6, 6.07) is 12.8. The molecule has 0 spiro atoms. The predicted molar refractivity (Wildman–Crippen MR) is 118 cm³/mol. The minimum absolute atomic E-state index is 0.0685. The summed E-state index contributed by atoms with van der Waals surface area (Å²) in [5.74, 6) is -2.09. The molecule has 2 atom stereocenters. The molecule has 10 heteroatoms. The molecule has 0 radical (unpaired) electrons. The molecule has 4 rings (SSSR count). The summed E-state index contributed by atoms with van der Waals surface area (Å²) < 4.78 is 5.76. The first kappa shape index (κ1) is 22.6. The van der Waals surface area contributed by atoms with Crippen molar-refractivity contribution in [2.24, 2.45) is 0 Å². The molecule has 2 aromatic carbocycles. The highest BCUT2D eigenvalue weighted by Gasteiger charge is 2.44. The maximum atomic E-state index is 12.8. The van der Waals surface area contributed by atoms with Crippen molar-refractivity contribution in [1.29, 1.82) is 0 Å². The fourth-order valence-corrected chi connectivity index (χ4v) is 4.16. The molecule has 2 aromatic rings. The number of carbonyl (C=O) groups excluding carboxylic acids is 3. The van der Waals surface area contributed by atoms with Crippen molar-refractivity contribution in [3.05, 3.63) is 75.3 Å². The van der Waals surface area contributed by atoms with Crippen molar-refractivity contribution in [2.75, 3.05) is 26.2 Å². The number of nitro groups is 1. The standard InChI is InChI=1S/C23H24N4O6/c1-15(26-22(29)18-8-5-9-19(27(31)32)20(18)23(26)30)21(28)24-12-17-14-25(10-11-33-17)13-16-6-3-2-4-7-16/h2-9,15,17H,10-14H2,1H3,(H,24,28)/t15-,17?/m0/s1. The number of nitro benzene ring substituents is 1. The third-order valence-electron chi connectivity index (χ3n) is 5.86. The summed E-state index contributed by atoms with van der Waals surface area (Å²) in [7, 11) is 0. The van der Waals surface area contributed by atoms with E-state index >= 15 is 0 Å². The van der Waals surface area contributed by atoms with Crippen molar-refractivity contribution < 1.29 is 24.0 Å². The number of hydrogen-bond acceptors (Lipinski definition) is 7. The van der Waals surface area contributed by atoms with Gasteiger partial charge in [0.1, 0.15) is 11.6 Å². The average molecular weight is 452 g/mol. The number of hydrogen-bond donors (Lipinski definition) is 1. The van der Waals surface area contributed by atoms with Crippen LogP contribution in [0.3, 0.4) is 0 Å².